The first-order chi connectivity index (χ1) is 19.8. The quantitative estimate of drug-likeness (QED) is 0.295. The molecule has 0 bridgehead atoms. The van der Waals surface area contributed by atoms with E-state index in [0.29, 0.717) is 11.1 Å². The van der Waals surface area contributed by atoms with Crippen LogP contribution in [0.25, 0.3) is 0 Å². The minimum absolute atomic E-state index is 0.0260. The molecular formula is C38H85N4O+. The Morgan fingerprint density at radius 1 is 0.465 bits per heavy atom. The highest BCUT2D eigenvalue weighted by atomic mass is 16.6. The first-order valence-electron chi connectivity index (χ1n) is 18.0. The molecule has 3 fully saturated rings. The van der Waals surface area contributed by atoms with E-state index in [1.165, 1.54) is 51.9 Å². The Morgan fingerprint density at radius 2 is 0.767 bits per heavy atom. The van der Waals surface area contributed by atoms with Crippen LogP contribution in [0.3, 0.4) is 0 Å². The smallest absolute Gasteiger partial charge is 0.120 e. The molecule has 43 heavy (non-hydrogen) atoms. The van der Waals surface area contributed by atoms with Gasteiger partial charge in [0.05, 0.1) is 6.42 Å². The van der Waals surface area contributed by atoms with Gasteiger partial charge in [0.25, 0.3) is 0 Å². The van der Waals surface area contributed by atoms with Crippen LogP contribution >= 0.6 is 0 Å². The van der Waals surface area contributed by atoms with Crippen molar-refractivity contribution in [2.45, 2.75) is 186 Å². The number of likely N-dealkylation sites (tertiary alicyclic amines) is 3. The van der Waals surface area contributed by atoms with E-state index in [2.05, 4.69) is 110 Å². The molecule has 0 unspecified atom stereocenters. The second-order valence-electron chi connectivity index (χ2n) is 14.5. The molecule has 1 aromatic rings. The minimum atomic E-state index is 0.0260. The fourth-order valence-corrected chi connectivity index (χ4v) is 4.29. The van der Waals surface area contributed by atoms with Gasteiger partial charge in [-0.25, -0.2) is 5.21 Å². The van der Waals surface area contributed by atoms with Gasteiger partial charge in [-0.1, -0.05) is 55.4 Å². The van der Waals surface area contributed by atoms with E-state index in [4.69, 9.17) is 0 Å². The molecule has 3 aliphatic heterocycles. The monoisotopic (exact) mass is 614 g/mol. The molecule has 0 aliphatic carbocycles. The minimum Gasteiger partial charge on any atom is -0.349 e. The number of hydrogen-bond acceptors (Lipinski definition) is 3. The zero-order valence-corrected chi connectivity index (χ0v) is 33.6. The van der Waals surface area contributed by atoms with Gasteiger partial charge in [-0.05, 0) is 141 Å². The summed E-state index contributed by atoms with van der Waals surface area (Å²) in [7, 11) is 0. The molecule has 0 saturated carbocycles. The average Bonchev–Trinajstić information content (AvgIpc) is 3.61. The van der Waals surface area contributed by atoms with Crippen LogP contribution < -0.4 is 0 Å². The van der Waals surface area contributed by atoms with Crippen molar-refractivity contribution in [1.82, 2.24) is 14.4 Å². The Kier molecular flexibility index (Phi) is 27.8. The molecule has 1 aromatic heterocycles. The van der Waals surface area contributed by atoms with Gasteiger partial charge in [-0.15, -0.1) is 0 Å². The Hall–Kier alpha value is -0.880. The Morgan fingerprint density at radius 3 is 0.860 bits per heavy atom. The predicted molar refractivity (Wildman–Crippen MR) is 197 cm³/mol. The van der Waals surface area contributed by atoms with E-state index < -0.39 is 0 Å². The van der Waals surface area contributed by atoms with E-state index in [0.717, 1.165) is 13.1 Å². The molecule has 0 aromatic carbocycles. The molecule has 0 radical (unpaired) electrons. The van der Waals surface area contributed by atoms with Crippen LogP contribution in [-0.4, -0.2) is 80.1 Å². The van der Waals surface area contributed by atoms with Crippen molar-refractivity contribution in [3.63, 3.8) is 0 Å². The van der Waals surface area contributed by atoms with Crippen LogP contribution in [0.2, 0.25) is 0 Å². The molecule has 5 heteroatoms. The van der Waals surface area contributed by atoms with Crippen molar-refractivity contribution in [3.05, 3.63) is 24.5 Å². The first-order valence-corrected chi connectivity index (χ1v) is 18.0. The van der Waals surface area contributed by atoms with Gasteiger partial charge in [0, 0.05) is 29.0 Å². The van der Waals surface area contributed by atoms with Gasteiger partial charge in [0.15, 0.2) is 0 Å². The summed E-state index contributed by atoms with van der Waals surface area (Å²) in [6.07, 6.45) is 9.54. The highest BCUT2D eigenvalue weighted by molar-refractivity contribution is 4.94. The van der Waals surface area contributed by atoms with Crippen LogP contribution in [0, 0.1) is 0 Å². The van der Waals surface area contributed by atoms with Gasteiger partial charge in [-0.3, -0.25) is 9.80 Å². The molecular weight excluding hydrogens is 528 g/mol. The van der Waals surface area contributed by atoms with Crippen molar-refractivity contribution in [3.8, 4) is 0 Å². The lowest BCUT2D eigenvalue weighted by molar-refractivity contribution is -1.16. The van der Waals surface area contributed by atoms with Crippen molar-refractivity contribution in [1.29, 1.82) is 0 Å². The summed E-state index contributed by atoms with van der Waals surface area (Å²) in [5, 5.41) is 9.68. The predicted octanol–water partition coefficient (Wildman–Crippen LogP) is 11.1. The lowest BCUT2D eigenvalue weighted by Crippen LogP contribution is -2.65. The van der Waals surface area contributed by atoms with Crippen LogP contribution in [0.5, 0.6) is 0 Å². The molecule has 5 nitrogen and oxygen atoms in total. The maximum Gasteiger partial charge on any atom is 0.120 e. The zero-order chi connectivity index (χ0) is 35.1. The third kappa shape index (κ3) is 21.5. The number of hydrogen-bond donors (Lipinski definition) is 1. The second-order valence-corrected chi connectivity index (χ2v) is 14.5. The number of quaternary nitrogens is 1. The number of aromatic nitrogens is 1. The molecule has 0 spiro atoms. The standard InChI is InChI=1S/C8H17N.C8H13N.C7H16NO.C7H15N.4C2H6/c2*1-8(2,3)9-6-4-5-7-9;1-7(2,3)8(9)5-4-6-8;1-7(2,3)8-5-4-6-8;4*1-2/h4-7H2,1-3H3;4-7H,1-3H3;9H,4-6H2,1-3H3;4-6H2,1-3H3;4*1-2H3/q;;+1;;;;;. The normalized spacial score (nSPS) is 17.4. The topological polar surface area (TPSA) is 31.6 Å². The van der Waals surface area contributed by atoms with Gasteiger partial charge < -0.3 is 4.57 Å². The summed E-state index contributed by atoms with van der Waals surface area (Å²) in [6.45, 7) is 49.6. The van der Waals surface area contributed by atoms with Crippen molar-refractivity contribution in [2.24, 2.45) is 0 Å². The lowest BCUT2D eigenvalue weighted by Gasteiger charge is -2.47. The average molecular weight is 614 g/mol. The van der Waals surface area contributed by atoms with E-state index in [9.17, 15) is 5.21 Å². The van der Waals surface area contributed by atoms with Gasteiger partial charge in [-0.2, -0.15) is 4.65 Å². The Labute approximate surface area is 274 Å². The van der Waals surface area contributed by atoms with E-state index in [1.54, 1.807) is 0 Å². The molecule has 1 N–H and O–H groups in total. The first kappa shape index (κ1) is 49.0. The molecule has 4 rings (SSSR count). The van der Waals surface area contributed by atoms with Crippen LogP contribution in [0.15, 0.2) is 24.5 Å². The molecule has 262 valence electrons. The maximum absolute atomic E-state index is 9.68. The summed E-state index contributed by atoms with van der Waals surface area (Å²) >= 11 is 0. The third-order valence-corrected chi connectivity index (χ3v) is 7.54. The fourth-order valence-electron chi connectivity index (χ4n) is 4.29. The summed E-state index contributed by atoms with van der Waals surface area (Å²) in [4.78, 5) is 5.04. The van der Waals surface area contributed by atoms with Crippen LogP contribution in [0.1, 0.15) is 164 Å². The fraction of sp³-hybridized carbons (Fsp3) is 0.895. The summed E-state index contributed by atoms with van der Waals surface area (Å²) in [5.74, 6) is 0. The summed E-state index contributed by atoms with van der Waals surface area (Å²) < 4.78 is 2.46. The van der Waals surface area contributed by atoms with E-state index in [-0.39, 0.29) is 15.7 Å². The lowest BCUT2D eigenvalue weighted by atomic mass is 10.00. The number of hydroxylamine groups is 3. The summed E-state index contributed by atoms with van der Waals surface area (Å²) in [6, 6.07) is 4.09. The molecule has 4 heterocycles. The third-order valence-electron chi connectivity index (χ3n) is 7.54. The number of nitrogens with zero attached hydrogens (tertiary/aromatic N) is 4. The van der Waals surface area contributed by atoms with E-state index in [1.807, 2.05) is 67.5 Å². The number of rotatable bonds is 0. The van der Waals surface area contributed by atoms with Gasteiger partial charge in [0.2, 0.25) is 0 Å². The van der Waals surface area contributed by atoms with Gasteiger partial charge >= 0.3 is 0 Å². The molecule has 0 atom stereocenters. The second kappa shape index (κ2) is 24.4. The highest BCUT2D eigenvalue weighted by Crippen LogP contribution is 2.28. The molecule has 3 aliphatic rings. The largest absolute Gasteiger partial charge is 0.349 e. The SMILES string of the molecule is CC.CC.CC.CC.CC(C)(C)N1CCC1.CC(C)(C)N1CCCC1.CC(C)(C)[N+]1(O)CCC1.CC(C)(C)n1cccc1. The highest BCUT2D eigenvalue weighted by Gasteiger charge is 2.45. The van der Waals surface area contributed by atoms with Crippen LogP contribution in [0.4, 0.5) is 0 Å². The Bertz CT molecular complexity index is 686. The maximum atomic E-state index is 9.68. The van der Waals surface area contributed by atoms with Crippen LogP contribution in [-0.2, 0) is 5.54 Å². The van der Waals surface area contributed by atoms with E-state index >= 15 is 0 Å². The van der Waals surface area contributed by atoms with Crippen molar-refractivity contribution >= 4 is 0 Å². The van der Waals surface area contributed by atoms with Crippen molar-refractivity contribution in [2.75, 3.05) is 39.3 Å². The zero-order valence-electron chi connectivity index (χ0n) is 33.6. The Balaban J connectivity index is -0.000000218. The molecule has 0 amide bonds. The van der Waals surface area contributed by atoms with Crippen molar-refractivity contribution < 1.29 is 9.85 Å². The summed E-state index contributed by atoms with van der Waals surface area (Å²) in [5.41, 5.74) is 1.11. The molecule has 3 saturated heterocycles. The van der Waals surface area contributed by atoms with Gasteiger partial charge in [0.1, 0.15) is 18.6 Å².